The van der Waals surface area contributed by atoms with E-state index in [2.05, 4.69) is 22.1 Å². The van der Waals surface area contributed by atoms with Gasteiger partial charge in [-0.05, 0) is 25.3 Å². The maximum Gasteiger partial charge on any atom is 0.142 e. The van der Waals surface area contributed by atoms with Crippen LogP contribution >= 0.6 is 23.2 Å². The van der Waals surface area contributed by atoms with Gasteiger partial charge in [0.2, 0.25) is 0 Å². The minimum Gasteiger partial charge on any atom is -0.220 e. The zero-order valence-electron chi connectivity index (χ0n) is 9.95. The molecular formula is C14H12Cl2N2. The number of nitrogens with zero attached hydrogens (tertiary/aromatic N) is 2. The van der Waals surface area contributed by atoms with Gasteiger partial charge in [0.15, 0.2) is 0 Å². The molecule has 0 unspecified atom stereocenters. The lowest BCUT2D eigenvalue weighted by Gasteiger charge is -2.15. The summed E-state index contributed by atoms with van der Waals surface area (Å²) in [5.41, 5.74) is 1.90. The van der Waals surface area contributed by atoms with E-state index in [0.29, 0.717) is 10.3 Å². The first-order chi connectivity index (χ1) is 8.63. The van der Waals surface area contributed by atoms with Gasteiger partial charge < -0.3 is 0 Å². The lowest BCUT2D eigenvalue weighted by Crippen LogP contribution is -2.14. The van der Waals surface area contributed by atoms with Crippen LogP contribution in [0.15, 0.2) is 30.3 Å². The van der Waals surface area contributed by atoms with Gasteiger partial charge in [0.05, 0.1) is 5.41 Å². The molecule has 0 N–H and O–H groups in total. The van der Waals surface area contributed by atoms with Crippen molar-refractivity contribution in [3.05, 3.63) is 57.6 Å². The summed E-state index contributed by atoms with van der Waals surface area (Å²) in [6, 6.07) is 10.3. The molecule has 0 saturated heterocycles. The summed E-state index contributed by atoms with van der Waals surface area (Å²) < 4.78 is 0. The molecule has 0 atom stereocenters. The molecule has 1 heterocycles. The van der Waals surface area contributed by atoms with Crippen molar-refractivity contribution in [2.45, 2.75) is 25.2 Å². The molecule has 2 nitrogen and oxygen atoms in total. The molecule has 0 amide bonds. The largest absolute Gasteiger partial charge is 0.220 e. The lowest BCUT2D eigenvalue weighted by atomic mass is 9.95. The minimum atomic E-state index is -0.0811. The molecule has 0 aliphatic heterocycles. The number of hydrogen-bond acceptors (Lipinski definition) is 2. The van der Waals surface area contributed by atoms with Crippen LogP contribution in [-0.2, 0) is 5.41 Å². The van der Waals surface area contributed by atoms with E-state index in [1.165, 1.54) is 5.56 Å². The Hall–Kier alpha value is -1.12. The van der Waals surface area contributed by atoms with Crippen molar-refractivity contribution < 1.29 is 0 Å². The highest BCUT2D eigenvalue weighted by molar-refractivity contribution is 6.34. The summed E-state index contributed by atoms with van der Waals surface area (Å²) in [6.07, 6.45) is 2.10. The molecule has 18 heavy (non-hydrogen) atoms. The number of aromatic nitrogens is 2. The monoisotopic (exact) mass is 278 g/mol. The lowest BCUT2D eigenvalue weighted by molar-refractivity contribution is 0.752. The Bertz CT molecular complexity index is 569. The van der Waals surface area contributed by atoms with Crippen molar-refractivity contribution in [1.82, 2.24) is 9.97 Å². The molecule has 1 aromatic carbocycles. The van der Waals surface area contributed by atoms with Gasteiger partial charge in [0.25, 0.3) is 0 Å². The summed E-state index contributed by atoms with van der Waals surface area (Å²) >= 11 is 12.2. The third-order valence-corrected chi connectivity index (χ3v) is 4.27. The SMILES string of the molecule is Cc1c(Cl)nc(C2(c3ccccc3)CC2)nc1Cl. The standard InChI is InChI=1S/C14H12Cl2N2/c1-9-11(15)17-13(18-12(9)16)14(7-8-14)10-5-3-2-4-6-10/h2-6H,7-8H2,1H3. The summed E-state index contributed by atoms with van der Waals surface area (Å²) in [6.45, 7) is 1.83. The van der Waals surface area contributed by atoms with Crippen LogP contribution in [0.1, 0.15) is 29.8 Å². The highest BCUT2D eigenvalue weighted by Gasteiger charge is 2.48. The van der Waals surface area contributed by atoms with E-state index < -0.39 is 0 Å². The maximum absolute atomic E-state index is 6.10. The molecule has 1 aliphatic rings. The third-order valence-electron chi connectivity index (χ3n) is 3.53. The van der Waals surface area contributed by atoms with Crippen LogP contribution in [0.4, 0.5) is 0 Å². The smallest absolute Gasteiger partial charge is 0.142 e. The maximum atomic E-state index is 6.10. The van der Waals surface area contributed by atoms with Crippen LogP contribution in [0.5, 0.6) is 0 Å². The van der Waals surface area contributed by atoms with E-state index in [9.17, 15) is 0 Å². The molecule has 0 radical (unpaired) electrons. The van der Waals surface area contributed by atoms with Crippen molar-refractivity contribution >= 4 is 23.2 Å². The third kappa shape index (κ3) is 1.80. The summed E-state index contributed by atoms with van der Waals surface area (Å²) in [5, 5.41) is 0.902. The molecule has 1 aliphatic carbocycles. The van der Waals surface area contributed by atoms with Crippen LogP contribution in [0.25, 0.3) is 0 Å². The molecule has 1 aromatic heterocycles. The topological polar surface area (TPSA) is 25.8 Å². The van der Waals surface area contributed by atoms with Crippen molar-refractivity contribution in [1.29, 1.82) is 0 Å². The molecule has 92 valence electrons. The van der Waals surface area contributed by atoms with E-state index in [1.54, 1.807) is 0 Å². The second-order valence-electron chi connectivity index (χ2n) is 4.70. The fourth-order valence-corrected chi connectivity index (χ4v) is 2.59. The predicted molar refractivity (Wildman–Crippen MR) is 73.2 cm³/mol. The second kappa shape index (κ2) is 4.22. The summed E-state index contributed by atoms with van der Waals surface area (Å²) in [5.74, 6) is 0.745. The highest BCUT2D eigenvalue weighted by atomic mass is 35.5. The average molecular weight is 279 g/mol. The minimum absolute atomic E-state index is 0.0811. The summed E-state index contributed by atoms with van der Waals surface area (Å²) in [7, 11) is 0. The Morgan fingerprint density at radius 3 is 2.06 bits per heavy atom. The van der Waals surface area contributed by atoms with Crippen LogP contribution < -0.4 is 0 Å². The van der Waals surface area contributed by atoms with Crippen LogP contribution in [0, 0.1) is 6.92 Å². The van der Waals surface area contributed by atoms with Crippen molar-refractivity contribution in [2.24, 2.45) is 0 Å². The molecule has 1 saturated carbocycles. The van der Waals surface area contributed by atoms with Crippen LogP contribution in [0.3, 0.4) is 0 Å². The zero-order chi connectivity index (χ0) is 12.8. The molecular weight excluding hydrogens is 267 g/mol. The van der Waals surface area contributed by atoms with Crippen LogP contribution in [0.2, 0.25) is 10.3 Å². The van der Waals surface area contributed by atoms with Gasteiger partial charge in [-0.15, -0.1) is 0 Å². The van der Waals surface area contributed by atoms with Gasteiger partial charge >= 0.3 is 0 Å². The first-order valence-corrected chi connectivity index (χ1v) is 6.65. The Labute approximate surface area is 116 Å². The normalized spacial score (nSPS) is 16.6. The fourth-order valence-electron chi connectivity index (χ4n) is 2.20. The average Bonchev–Trinajstić information content (AvgIpc) is 3.18. The molecule has 2 aromatic rings. The Morgan fingerprint density at radius 1 is 1.00 bits per heavy atom. The Balaban J connectivity index is 2.11. The van der Waals surface area contributed by atoms with Gasteiger partial charge in [0.1, 0.15) is 16.1 Å². The van der Waals surface area contributed by atoms with Crippen LogP contribution in [-0.4, -0.2) is 9.97 Å². The van der Waals surface area contributed by atoms with Crippen molar-refractivity contribution in [3.8, 4) is 0 Å². The van der Waals surface area contributed by atoms with Gasteiger partial charge in [-0.25, -0.2) is 9.97 Å². The fraction of sp³-hybridized carbons (Fsp3) is 0.286. The van der Waals surface area contributed by atoms with E-state index in [1.807, 2.05) is 25.1 Å². The number of rotatable bonds is 2. The summed E-state index contributed by atoms with van der Waals surface area (Å²) in [4.78, 5) is 8.83. The predicted octanol–water partition coefficient (Wildman–Crippen LogP) is 4.17. The number of benzene rings is 1. The molecule has 3 rings (SSSR count). The first kappa shape index (κ1) is 11.9. The van der Waals surface area contributed by atoms with Gasteiger partial charge in [-0.1, -0.05) is 53.5 Å². The van der Waals surface area contributed by atoms with Gasteiger partial charge in [-0.3, -0.25) is 0 Å². The molecule has 0 bridgehead atoms. The van der Waals surface area contributed by atoms with E-state index in [-0.39, 0.29) is 5.41 Å². The Morgan fingerprint density at radius 2 is 1.56 bits per heavy atom. The quantitative estimate of drug-likeness (QED) is 0.771. The zero-order valence-corrected chi connectivity index (χ0v) is 11.5. The van der Waals surface area contributed by atoms with Crippen molar-refractivity contribution in [2.75, 3.05) is 0 Å². The van der Waals surface area contributed by atoms with E-state index in [0.717, 1.165) is 24.2 Å². The van der Waals surface area contributed by atoms with Crippen molar-refractivity contribution in [3.63, 3.8) is 0 Å². The number of halogens is 2. The highest BCUT2D eigenvalue weighted by Crippen LogP contribution is 2.52. The Kier molecular flexibility index (Phi) is 2.80. The number of hydrogen-bond donors (Lipinski definition) is 0. The van der Waals surface area contributed by atoms with E-state index in [4.69, 9.17) is 23.2 Å². The molecule has 1 fully saturated rings. The van der Waals surface area contributed by atoms with Gasteiger partial charge in [-0.2, -0.15) is 0 Å². The second-order valence-corrected chi connectivity index (χ2v) is 5.42. The molecule has 4 heteroatoms. The molecule has 0 spiro atoms. The van der Waals surface area contributed by atoms with E-state index >= 15 is 0 Å². The first-order valence-electron chi connectivity index (χ1n) is 5.89. The van der Waals surface area contributed by atoms with Gasteiger partial charge in [0, 0.05) is 5.56 Å².